The van der Waals surface area contributed by atoms with Crippen LogP contribution in [0.2, 0.25) is 0 Å². The predicted octanol–water partition coefficient (Wildman–Crippen LogP) is 1.57. The number of rotatable bonds is 2. The molecule has 0 radical (unpaired) electrons. The average Bonchev–Trinajstić information content (AvgIpc) is 2.75. The number of hydrogen-bond donors (Lipinski definition) is 2. The van der Waals surface area contributed by atoms with E-state index in [2.05, 4.69) is 10.6 Å². The van der Waals surface area contributed by atoms with Crippen LogP contribution in [0, 0.1) is 6.92 Å². The van der Waals surface area contributed by atoms with Gasteiger partial charge in [-0.25, -0.2) is 0 Å². The Morgan fingerprint density at radius 2 is 2.47 bits per heavy atom. The second kappa shape index (κ2) is 5.49. The minimum absolute atomic E-state index is 0. The third-order valence-electron chi connectivity index (χ3n) is 2.46. The van der Waals surface area contributed by atoms with Gasteiger partial charge in [-0.1, -0.05) is 0 Å². The summed E-state index contributed by atoms with van der Waals surface area (Å²) in [7, 11) is 0. The van der Waals surface area contributed by atoms with Gasteiger partial charge in [0.2, 0.25) is 0 Å². The third-order valence-corrected chi connectivity index (χ3v) is 3.48. The van der Waals surface area contributed by atoms with Gasteiger partial charge in [-0.05, 0) is 36.9 Å². The van der Waals surface area contributed by atoms with E-state index in [1.807, 2.05) is 18.4 Å². The number of thiophene rings is 1. The fourth-order valence-electron chi connectivity index (χ4n) is 1.63. The molecule has 1 aromatic rings. The number of carbonyl (C=O) groups excluding carboxylic acids is 1. The minimum Gasteiger partial charge on any atom is -0.347 e. The van der Waals surface area contributed by atoms with Gasteiger partial charge in [0.15, 0.2) is 0 Å². The molecule has 1 saturated heterocycles. The summed E-state index contributed by atoms with van der Waals surface area (Å²) in [4.78, 5) is 12.6. The summed E-state index contributed by atoms with van der Waals surface area (Å²) in [6, 6.07) is 2.29. The van der Waals surface area contributed by atoms with E-state index < -0.39 is 0 Å². The molecule has 0 spiro atoms. The fraction of sp³-hybridized carbons (Fsp3) is 0.500. The Kier molecular flexibility index (Phi) is 4.57. The molecule has 15 heavy (non-hydrogen) atoms. The van der Waals surface area contributed by atoms with E-state index in [9.17, 15) is 4.79 Å². The molecule has 2 N–H and O–H groups in total. The molecule has 2 rings (SSSR count). The number of amides is 1. The van der Waals surface area contributed by atoms with Crippen LogP contribution in [0.4, 0.5) is 0 Å². The normalized spacial score (nSPS) is 19.7. The predicted molar refractivity (Wildman–Crippen MR) is 65.0 cm³/mol. The van der Waals surface area contributed by atoms with E-state index in [1.54, 1.807) is 0 Å². The van der Waals surface area contributed by atoms with Gasteiger partial charge in [-0.3, -0.25) is 4.79 Å². The molecular weight excluding hydrogens is 232 g/mol. The molecule has 84 valence electrons. The molecule has 3 nitrogen and oxygen atoms in total. The molecule has 1 aliphatic rings. The molecule has 2 heterocycles. The highest BCUT2D eigenvalue weighted by Crippen LogP contribution is 2.15. The summed E-state index contributed by atoms with van der Waals surface area (Å²) in [5, 5.41) is 8.21. The van der Waals surface area contributed by atoms with Gasteiger partial charge in [-0.15, -0.1) is 23.7 Å². The maximum Gasteiger partial charge on any atom is 0.261 e. The molecule has 1 fully saturated rings. The summed E-state index contributed by atoms with van der Waals surface area (Å²) in [5.74, 6) is 0.0752. The maximum atomic E-state index is 11.8. The van der Waals surface area contributed by atoms with Crippen LogP contribution in [0.15, 0.2) is 11.4 Å². The zero-order valence-electron chi connectivity index (χ0n) is 8.58. The Labute approximate surface area is 99.7 Å². The van der Waals surface area contributed by atoms with Gasteiger partial charge in [-0.2, -0.15) is 0 Å². The van der Waals surface area contributed by atoms with E-state index in [4.69, 9.17) is 0 Å². The highest BCUT2D eigenvalue weighted by atomic mass is 35.5. The van der Waals surface area contributed by atoms with Crippen LogP contribution in [0.5, 0.6) is 0 Å². The quantitative estimate of drug-likeness (QED) is 0.832. The first-order valence-corrected chi connectivity index (χ1v) is 5.71. The van der Waals surface area contributed by atoms with Crippen LogP contribution in [-0.4, -0.2) is 25.0 Å². The summed E-state index contributed by atoms with van der Waals surface area (Å²) in [5.41, 5.74) is 1.07. The molecule has 1 atom stereocenters. The summed E-state index contributed by atoms with van der Waals surface area (Å²) < 4.78 is 0. The van der Waals surface area contributed by atoms with Gasteiger partial charge in [0.25, 0.3) is 5.91 Å². The Balaban J connectivity index is 0.00000112. The largest absolute Gasteiger partial charge is 0.347 e. The fourth-order valence-corrected chi connectivity index (χ4v) is 2.46. The highest BCUT2D eigenvalue weighted by Gasteiger charge is 2.18. The number of nitrogens with one attached hydrogen (secondary N) is 2. The third kappa shape index (κ3) is 2.93. The molecule has 0 saturated carbocycles. The molecular formula is C10H15ClN2OS. The van der Waals surface area contributed by atoms with Crippen molar-refractivity contribution in [3.8, 4) is 0 Å². The minimum atomic E-state index is 0. The molecule has 1 aromatic heterocycles. The van der Waals surface area contributed by atoms with Crippen molar-refractivity contribution in [1.82, 2.24) is 10.6 Å². The van der Waals surface area contributed by atoms with E-state index in [-0.39, 0.29) is 18.3 Å². The van der Waals surface area contributed by atoms with Gasteiger partial charge in [0, 0.05) is 12.6 Å². The van der Waals surface area contributed by atoms with E-state index in [0.717, 1.165) is 30.0 Å². The van der Waals surface area contributed by atoms with Crippen molar-refractivity contribution in [2.75, 3.05) is 13.1 Å². The lowest BCUT2D eigenvalue weighted by molar-refractivity contribution is 0.0943. The van der Waals surface area contributed by atoms with Crippen molar-refractivity contribution in [3.63, 3.8) is 0 Å². The average molecular weight is 247 g/mol. The van der Waals surface area contributed by atoms with E-state index in [1.165, 1.54) is 11.3 Å². The smallest absolute Gasteiger partial charge is 0.261 e. The van der Waals surface area contributed by atoms with Gasteiger partial charge in [0.1, 0.15) is 0 Å². The lowest BCUT2D eigenvalue weighted by Gasteiger charge is -2.10. The van der Waals surface area contributed by atoms with Crippen LogP contribution in [0.3, 0.4) is 0 Å². The monoisotopic (exact) mass is 246 g/mol. The molecule has 1 amide bonds. The summed E-state index contributed by atoms with van der Waals surface area (Å²) >= 11 is 1.51. The molecule has 0 bridgehead atoms. The summed E-state index contributed by atoms with van der Waals surface area (Å²) in [6.45, 7) is 3.88. The molecule has 0 aromatic carbocycles. The Hall–Kier alpha value is -0.580. The first-order valence-electron chi connectivity index (χ1n) is 4.83. The van der Waals surface area contributed by atoms with Gasteiger partial charge in [0.05, 0.1) is 4.88 Å². The van der Waals surface area contributed by atoms with Crippen LogP contribution in [0.1, 0.15) is 21.7 Å². The van der Waals surface area contributed by atoms with Gasteiger partial charge >= 0.3 is 0 Å². The Bertz CT molecular complexity index is 334. The van der Waals surface area contributed by atoms with Crippen molar-refractivity contribution in [2.45, 2.75) is 19.4 Å². The van der Waals surface area contributed by atoms with Crippen molar-refractivity contribution in [1.29, 1.82) is 0 Å². The second-order valence-corrected chi connectivity index (χ2v) is 4.51. The van der Waals surface area contributed by atoms with Crippen molar-refractivity contribution >= 4 is 29.7 Å². The van der Waals surface area contributed by atoms with Crippen LogP contribution in [-0.2, 0) is 0 Å². The number of hydrogen-bond acceptors (Lipinski definition) is 3. The Morgan fingerprint density at radius 1 is 1.67 bits per heavy atom. The molecule has 0 aliphatic carbocycles. The summed E-state index contributed by atoms with van der Waals surface area (Å²) in [6.07, 6.45) is 1.04. The zero-order chi connectivity index (χ0) is 9.97. The SMILES string of the molecule is Cc1ccsc1C(=O)NC1CCNC1.Cl. The van der Waals surface area contributed by atoms with Gasteiger partial charge < -0.3 is 10.6 Å². The number of carbonyl (C=O) groups is 1. The van der Waals surface area contributed by atoms with Crippen molar-refractivity contribution in [3.05, 3.63) is 21.9 Å². The standard InChI is InChI=1S/C10H14N2OS.ClH/c1-7-3-5-14-9(7)10(13)12-8-2-4-11-6-8;/h3,5,8,11H,2,4,6H2,1H3,(H,12,13);1H. The zero-order valence-corrected chi connectivity index (χ0v) is 10.2. The number of aryl methyl sites for hydroxylation is 1. The van der Waals surface area contributed by atoms with E-state index in [0.29, 0.717) is 6.04 Å². The second-order valence-electron chi connectivity index (χ2n) is 3.60. The van der Waals surface area contributed by atoms with Crippen molar-refractivity contribution < 1.29 is 4.79 Å². The lowest BCUT2D eigenvalue weighted by Crippen LogP contribution is -2.36. The highest BCUT2D eigenvalue weighted by molar-refractivity contribution is 7.12. The first-order chi connectivity index (χ1) is 6.77. The van der Waals surface area contributed by atoms with Crippen molar-refractivity contribution in [2.24, 2.45) is 0 Å². The molecule has 5 heteroatoms. The molecule has 1 unspecified atom stereocenters. The molecule has 1 aliphatic heterocycles. The number of halogens is 1. The topological polar surface area (TPSA) is 41.1 Å². The van der Waals surface area contributed by atoms with Crippen LogP contribution >= 0.6 is 23.7 Å². The first kappa shape index (κ1) is 12.5. The lowest BCUT2D eigenvalue weighted by atomic mass is 10.2. The van der Waals surface area contributed by atoms with E-state index >= 15 is 0 Å². The Morgan fingerprint density at radius 3 is 3.00 bits per heavy atom. The van der Waals surface area contributed by atoms with Crippen LogP contribution in [0.25, 0.3) is 0 Å². The van der Waals surface area contributed by atoms with Crippen LogP contribution < -0.4 is 10.6 Å². The maximum absolute atomic E-state index is 11.8.